The number of ether oxygens (including phenoxy) is 1. The van der Waals surface area contributed by atoms with Gasteiger partial charge < -0.3 is 4.74 Å². The zero-order chi connectivity index (χ0) is 14.1. The molecule has 0 aliphatic rings. The lowest BCUT2D eigenvalue weighted by Crippen LogP contribution is -2.03. The van der Waals surface area contributed by atoms with Gasteiger partial charge in [-0.05, 0) is 25.1 Å². The third kappa shape index (κ3) is 1.95. The first kappa shape index (κ1) is 12.4. The number of H-pyrrole nitrogens is 2. The van der Waals surface area contributed by atoms with Crippen molar-refractivity contribution in [2.45, 2.75) is 6.92 Å². The number of aromatic nitrogens is 4. The fourth-order valence-corrected chi connectivity index (χ4v) is 2.08. The molecule has 0 spiro atoms. The van der Waals surface area contributed by atoms with Gasteiger partial charge in [0.2, 0.25) is 0 Å². The molecule has 3 rings (SSSR count). The van der Waals surface area contributed by atoms with E-state index in [0.29, 0.717) is 28.3 Å². The van der Waals surface area contributed by atoms with Crippen molar-refractivity contribution in [1.29, 1.82) is 0 Å². The Bertz CT molecular complexity index is 721. The highest BCUT2D eigenvalue weighted by atomic mass is 19.1. The van der Waals surface area contributed by atoms with Crippen LogP contribution in [0.4, 0.5) is 4.39 Å². The summed E-state index contributed by atoms with van der Waals surface area (Å²) in [5.41, 5.74) is 2.62. The molecule has 0 saturated heterocycles. The number of hydrogen-bond acceptors (Lipinski definition) is 3. The van der Waals surface area contributed by atoms with Gasteiger partial charge in [-0.25, -0.2) is 9.60 Å². The summed E-state index contributed by atoms with van der Waals surface area (Å²) in [6.45, 7) is 1.88. The molecule has 6 heteroatoms. The standard InChI is InChI=1S/C14H13FN4O/c1-8-3-4-9(7-16-8)12-11(15)6-5-10(13(12)20-2)14-17-19-18-14/h3-7,19H,1-2H3,(H,17,18). The Kier molecular flexibility index (Phi) is 2.98. The Hall–Kier alpha value is -2.63. The number of halogens is 1. The van der Waals surface area contributed by atoms with E-state index in [2.05, 4.69) is 20.4 Å². The van der Waals surface area contributed by atoms with Gasteiger partial charge in [0.1, 0.15) is 11.6 Å². The lowest BCUT2D eigenvalue weighted by Gasteiger charge is -2.15. The van der Waals surface area contributed by atoms with Gasteiger partial charge in [-0.2, -0.15) is 0 Å². The Morgan fingerprint density at radius 1 is 1.20 bits per heavy atom. The number of nitrogens with zero attached hydrogens (tertiary/aromatic N) is 2. The number of pyridine rings is 1. The highest BCUT2D eigenvalue weighted by molar-refractivity contribution is 5.80. The Morgan fingerprint density at radius 2 is 2.00 bits per heavy atom. The maximum atomic E-state index is 14.2. The van der Waals surface area contributed by atoms with Gasteiger partial charge in [0, 0.05) is 17.5 Å². The lowest BCUT2D eigenvalue weighted by atomic mass is 10.0. The lowest BCUT2D eigenvalue weighted by molar-refractivity contribution is 0.414. The van der Waals surface area contributed by atoms with Gasteiger partial charge in [-0.1, -0.05) is 6.07 Å². The molecule has 102 valence electrons. The van der Waals surface area contributed by atoms with Crippen molar-refractivity contribution in [1.82, 2.24) is 20.4 Å². The van der Waals surface area contributed by atoms with Crippen molar-refractivity contribution in [3.63, 3.8) is 0 Å². The zero-order valence-electron chi connectivity index (χ0n) is 11.1. The van der Waals surface area contributed by atoms with E-state index in [9.17, 15) is 4.39 Å². The molecule has 3 aromatic rings. The van der Waals surface area contributed by atoms with Gasteiger partial charge in [0.05, 0.1) is 18.2 Å². The number of benzene rings is 1. The molecule has 2 aromatic heterocycles. The van der Waals surface area contributed by atoms with E-state index < -0.39 is 0 Å². The number of aryl methyl sites for hydroxylation is 1. The van der Waals surface area contributed by atoms with Crippen LogP contribution in [0.5, 0.6) is 5.75 Å². The molecule has 0 fully saturated rings. The number of rotatable bonds is 3. The minimum Gasteiger partial charge on any atom is -0.495 e. The van der Waals surface area contributed by atoms with Crippen molar-refractivity contribution in [2.75, 3.05) is 7.11 Å². The van der Waals surface area contributed by atoms with E-state index in [1.807, 2.05) is 19.1 Å². The van der Waals surface area contributed by atoms with Crippen LogP contribution in [0.2, 0.25) is 0 Å². The molecular weight excluding hydrogens is 259 g/mol. The molecule has 0 bridgehead atoms. The average Bonchev–Trinajstić information content (AvgIpc) is 2.39. The van der Waals surface area contributed by atoms with E-state index in [0.717, 1.165) is 5.69 Å². The first-order valence-electron chi connectivity index (χ1n) is 6.09. The second-order valence-electron chi connectivity index (χ2n) is 4.39. The smallest absolute Gasteiger partial charge is 0.178 e. The van der Waals surface area contributed by atoms with Gasteiger partial charge in [-0.15, -0.1) is 5.10 Å². The molecule has 5 nitrogen and oxygen atoms in total. The molecule has 2 heterocycles. The molecular formula is C14H13FN4O. The highest BCUT2D eigenvalue weighted by Gasteiger charge is 2.19. The van der Waals surface area contributed by atoms with E-state index >= 15 is 0 Å². The summed E-state index contributed by atoms with van der Waals surface area (Å²) in [5.74, 6) is 0.690. The van der Waals surface area contributed by atoms with Gasteiger partial charge in [0.25, 0.3) is 0 Å². The summed E-state index contributed by atoms with van der Waals surface area (Å²) in [6.07, 6.45) is 1.63. The molecule has 1 aromatic carbocycles. The monoisotopic (exact) mass is 272 g/mol. The molecule has 0 unspecified atom stereocenters. The van der Waals surface area contributed by atoms with Crippen molar-refractivity contribution in [2.24, 2.45) is 0 Å². The van der Waals surface area contributed by atoms with Crippen LogP contribution in [0, 0.1) is 12.7 Å². The first-order chi connectivity index (χ1) is 9.70. The van der Waals surface area contributed by atoms with E-state index in [1.54, 1.807) is 12.3 Å². The predicted molar refractivity (Wildman–Crippen MR) is 72.9 cm³/mol. The van der Waals surface area contributed by atoms with E-state index in [4.69, 9.17) is 4.74 Å². The molecule has 20 heavy (non-hydrogen) atoms. The van der Waals surface area contributed by atoms with Crippen LogP contribution in [-0.4, -0.2) is 27.5 Å². The first-order valence-corrected chi connectivity index (χ1v) is 6.09. The van der Waals surface area contributed by atoms with Crippen LogP contribution >= 0.6 is 0 Å². The largest absolute Gasteiger partial charge is 0.495 e. The van der Waals surface area contributed by atoms with E-state index in [-0.39, 0.29) is 5.82 Å². The SMILES string of the molecule is COc1c(-c2n[nH][nH]2)ccc(F)c1-c1ccc(C)nc1. The minimum atomic E-state index is -0.357. The maximum Gasteiger partial charge on any atom is 0.178 e. The maximum absolute atomic E-state index is 14.2. The summed E-state index contributed by atoms with van der Waals surface area (Å²) in [6, 6.07) is 6.68. The Balaban J connectivity index is 2.22. The number of nitrogens with one attached hydrogen (secondary N) is 2. The predicted octanol–water partition coefficient (Wildman–Crippen LogP) is 2.92. The third-order valence-corrected chi connectivity index (χ3v) is 3.11. The van der Waals surface area contributed by atoms with Crippen molar-refractivity contribution in [3.8, 4) is 28.3 Å². The number of methoxy groups -OCH3 is 1. The van der Waals surface area contributed by atoms with Crippen molar-refractivity contribution < 1.29 is 9.13 Å². The second kappa shape index (κ2) is 4.80. The zero-order valence-corrected chi connectivity index (χ0v) is 11.1. The fraction of sp³-hybridized carbons (Fsp3) is 0.143. The minimum absolute atomic E-state index is 0.357. The van der Waals surface area contributed by atoms with Crippen LogP contribution in [0.3, 0.4) is 0 Å². The summed E-state index contributed by atoms with van der Waals surface area (Å²) in [7, 11) is 1.51. The summed E-state index contributed by atoms with van der Waals surface area (Å²) < 4.78 is 19.6. The summed E-state index contributed by atoms with van der Waals surface area (Å²) >= 11 is 0. The van der Waals surface area contributed by atoms with Crippen molar-refractivity contribution in [3.05, 3.63) is 42.0 Å². The molecule has 0 amide bonds. The molecule has 0 aliphatic heterocycles. The van der Waals surface area contributed by atoms with Crippen LogP contribution in [0.1, 0.15) is 5.69 Å². The normalized spacial score (nSPS) is 10.8. The number of aromatic amines is 2. The third-order valence-electron chi connectivity index (χ3n) is 3.11. The second-order valence-corrected chi connectivity index (χ2v) is 4.39. The molecule has 0 saturated carbocycles. The molecule has 0 aliphatic carbocycles. The number of hydrogen-bond donors (Lipinski definition) is 2. The van der Waals surface area contributed by atoms with Gasteiger partial charge >= 0.3 is 0 Å². The molecule has 2 N–H and O–H groups in total. The Morgan fingerprint density at radius 3 is 2.55 bits per heavy atom. The summed E-state index contributed by atoms with van der Waals surface area (Å²) in [4.78, 5) is 4.20. The average molecular weight is 272 g/mol. The quantitative estimate of drug-likeness (QED) is 0.770. The highest BCUT2D eigenvalue weighted by Crippen LogP contribution is 2.39. The van der Waals surface area contributed by atoms with Gasteiger partial charge in [-0.3, -0.25) is 10.1 Å². The van der Waals surface area contributed by atoms with E-state index in [1.165, 1.54) is 13.2 Å². The van der Waals surface area contributed by atoms with Gasteiger partial charge in [0.15, 0.2) is 5.82 Å². The van der Waals surface area contributed by atoms with Crippen molar-refractivity contribution >= 4 is 0 Å². The Labute approximate surface area is 114 Å². The van der Waals surface area contributed by atoms with Crippen LogP contribution in [-0.2, 0) is 0 Å². The van der Waals surface area contributed by atoms with Crippen LogP contribution in [0.15, 0.2) is 30.5 Å². The topological polar surface area (TPSA) is 66.6 Å². The van der Waals surface area contributed by atoms with Crippen LogP contribution in [0.25, 0.3) is 22.5 Å². The molecule has 0 atom stereocenters. The van der Waals surface area contributed by atoms with Crippen LogP contribution < -0.4 is 4.74 Å². The fourth-order valence-electron chi connectivity index (χ4n) is 2.08. The summed E-state index contributed by atoms with van der Waals surface area (Å²) in [5, 5.41) is 9.36. The molecule has 0 radical (unpaired) electrons.